The van der Waals surface area contributed by atoms with E-state index in [4.69, 9.17) is 17.0 Å². The van der Waals surface area contributed by atoms with Gasteiger partial charge in [0.25, 0.3) is 0 Å². The lowest BCUT2D eigenvalue weighted by Crippen LogP contribution is -2.19. The third kappa shape index (κ3) is 5.08. The van der Waals surface area contributed by atoms with Crippen LogP contribution in [0.3, 0.4) is 0 Å². The molecule has 110 valence electrons. The molecule has 0 saturated heterocycles. The first kappa shape index (κ1) is 15.3. The van der Waals surface area contributed by atoms with Gasteiger partial charge < -0.3 is 15.4 Å². The van der Waals surface area contributed by atoms with Crippen LogP contribution in [0.15, 0.2) is 54.6 Å². The van der Waals surface area contributed by atoms with E-state index in [1.165, 1.54) is 0 Å². The molecule has 0 atom stereocenters. The fraction of sp³-hybridized carbons (Fsp3) is 0.235. The highest BCUT2D eigenvalue weighted by Crippen LogP contribution is 2.24. The number of benzene rings is 2. The van der Waals surface area contributed by atoms with Crippen molar-refractivity contribution in [3.05, 3.63) is 54.6 Å². The summed E-state index contributed by atoms with van der Waals surface area (Å²) in [5, 5.41) is 6.87. The van der Waals surface area contributed by atoms with E-state index >= 15 is 0 Å². The lowest BCUT2D eigenvalue weighted by atomic mass is 10.2. The molecule has 0 aliphatic rings. The number of nitrogens with one attached hydrogen (secondary N) is 2. The van der Waals surface area contributed by atoms with Gasteiger partial charge in [-0.15, -0.1) is 0 Å². The van der Waals surface area contributed by atoms with Crippen LogP contribution in [0, 0.1) is 5.92 Å². The van der Waals surface area contributed by atoms with Crippen LogP contribution in [0.2, 0.25) is 0 Å². The topological polar surface area (TPSA) is 33.3 Å². The van der Waals surface area contributed by atoms with Crippen LogP contribution in [-0.4, -0.2) is 11.7 Å². The van der Waals surface area contributed by atoms with Crippen LogP contribution >= 0.6 is 12.2 Å². The van der Waals surface area contributed by atoms with Crippen LogP contribution in [-0.2, 0) is 0 Å². The lowest BCUT2D eigenvalue weighted by molar-refractivity contribution is 0.272. The van der Waals surface area contributed by atoms with Crippen molar-refractivity contribution in [2.24, 2.45) is 5.92 Å². The Balaban J connectivity index is 2.00. The Kier molecular flexibility index (Phi) is 5.58. The highest BCUT2D eigenvalue weighted by molar-refractivity contribution is 7.80. The van der Waals surface area contributed by atoms with E-state index in [1.807, 2.05) is 54.6 Å². The number of rotatable bonds is 5. The fourth-order valence-corrected chi connectivity index (χ4v) is 1.99. The molecule has 0 unspecified atom stereocenters. The van der Waals surface area contributed by atoms with Gasteiger partial charge in [-0.2, -0.15) is 0 Å². The molecule has 21 heavy (non-hydrogen) atoms. The van der Waals surface area contributed by atoms with E-state index in [1.54, 1.807) is 0 Å². The van der Waals surface area contributed by atoms with Crippen LogP contribution in [0.5, 0.6) is 5.75 Å². The number of hydrogen-bond acceptors (Lipinski definition) is 2. The van der Waals surface area contributed by atoms with Crippen LogP contribution in [0.25, 0.3) is 0 Å². The van der Waals surface area contributed by atoms with E-state index in [0.717, 1.165) is 17.1 Å². The minimum absolute atomic E-state index is 0.479. The Morgan fingerprint density at radius 3 is 2.38 bits per heavy atom. The Hall–Kier alpha value is -2.07. The average molecular weight is 300 g/mol. The summed E-state index contributed by atoms with van der Waals surface area (Å²) in [5.41, 5.74) is 1.82. The molecule has 0 fully saturated rings. The van der Waals surface area contributed by atoms with Crippen LogP contribution in [0.1, 0.15) is 13.8 Å². The van der Waals surface area contributed by atoms with Gasteiger partial charge in [-0.25, -0.2) is 0 Å². The predicted octanol–water partition coefficient (Wildman–Crippen LogP) is 4.53. The van der Waals surface area contributed by atoms with Gasteiger partial charge in [0, 0.05) is 5.69 Å². The molecular weight excluding hydrogens is 280 g/mol. The molecular formula is C17H20N2OS. The first-order valence-corrected chi connectivity index (χ1v) is 7.41. The van der Waals surface area contributed by atoms with Crippen molar-refractivity contribution >= 4 is 28.7 Å². The number of anilines is 2. The molecule has 0 saturated carbocycles. The first-order chi connectivity index (χ1) is 10.1. The molecule has 0 radical (unpaired) electrons. The molecule has 2 N–H and O–H groups in total. The van der Waals surface area contributed by atoms with Gasteiger partial charge >= 0.3 is 0 Å². The Morgan fingerprint density at radius 2 is 1.67 bits per heavy atom. The second-order valence-electron chi connectivity index (χ2n) is 5.15. The number of hydrogen-bond donors (Lipinski definition) is 2. The molecule has 0 bridgehead atoms. The second kappa shape index (κ2) is 7.64. The van der Waals surface area contributed by atoms with Crippen LogP contribution < -0.4 is 15.4 Å². The molecule has 3 nitrogen and oxygen atoms in total. The maximum absolute atomic E-state index is 5.80. The zero-order valence-corrected chi connectivity index (χ0v) is 13.1. The summed E-state index contributed by atoms with van der Waals surface area (Å²) in [5.74, 6) is 1.29. The quantitative estimate of drug-likeness (QED) is 0.795. The van der Waals surface area contributed by atoms with Gasteiger partial charge in [0.15, 0.2) is 5.11 Å². The average Bonchev–Trinajstić information content (AvgIpc) is 2.47. The Bertz CT molecular complexity index is 584. The summed E-state index contributed by atoms with van der Waals surface area (Å²) >= 11 is 5.34. The lowest BCUT2D eigenvalue weighted by Gasteiger charge is -2.15. The summed E-state index contributed by atoms with van der Waals surface area (Å²) in [6.45, 7) is 4.92. The smallest absolute Gasteiger partial charge is 0.175 e. The standard InChI is InChI=1S/C17H20N2OS/c1-13(2)12-20-16-11-7-6-10-15(16)19-17(21)18-14-8-4-3-5-9-14/h3-11,13H,12H2,1-2H3,(H2,18,19,21). The van der Waals surface area contributed by atoms with Crippen molar-refractivity contribution in [2.45, 2.75) is 13.8 Å². The molecule has 0 amide bonds. The van der Waals surface area contributed by atoms with Crippen molar-refractivity contribution in [3.8, 4) is 5.75 Å². The molecule has 2 aromatic rings. The van der Waals surface area contributed by atoms with Gasteiger partial charge in [0.2, 0.25) is 0 Å². The predicted molar refractivity (Wildman–Crippen MR) is 93.1 cm³/mol. The van der Waals surface area contributed by atoms with E-state index in [0.29, 0.717) is 17.6 Å². The Morgan fingerprint density at radius 1 is 1.00 bits per heavy atom. The minimum Gasteiger partial charge on any atom is -0.491 e. The summed E-state index contributed by atoms with van der Waals surface area (Å²) in [4.78, 5) is 0. The maximum atomic E-state index is 5.80. The summed E-state index contributed by atoms with van der Waals surface area (Å²) in [7, 11) is 0. The zero-order valence-electron chi connectivity index (χ0n) is 12.3. The van der Waals surface area contributed by atoms with Gasteiger partial charge in [0.1, 0.15) is 5.75 Å². The van der Waals surface area contributed by atoms with E-state index in [2.05, 4.69) is 24.5 Å². The largest absolute Gasteiger partial charge is 0.491 e. The van der Waals surface area contributed by atoms with Gasteiger partial charge in [-0.1, -0.05) is 44.2 Å². The van der Waals surface area contributed by atoms with Crippen molar-refractivity contribution in [3.63, 3.8) is 0 Å². The van der Waals surface area contributed by atoms with Crippen molar-refractivity contribution in [1.82, 2.24) is 0 Å². The van der Waals surface area contributed by atoms with Crippen molar-refractivity contribution in [1.29, 1.82) is 0 Å². The normalized spacial score (nSPS) is 10.2. The molecule has 2 rings (SSSR count). The van der Waals surface area contributed by atoms with Crippen molar-refractivity contribution < 1.29 is 4.74 Å². The van der Waals surface area contributed by atoms with Crippen molar-refractivity contribution in [2.75, 3.05) is 17.2 Å². The van der Waals surface area contributed by atoms with Gasteiger partial charge in [-0.3, -0.25) is 0 Å². The highest BCUT2D eigenvalue weighted by atomic mass is 32.1. The molecule has 2 aromatic carbocycles. The molecule has 4 heteroatoms. The molecule has 0 spiro atoms. The van der Waals surface area contributed by atoms with E-state index < -0.39 is 0 Å². The highest BCUT2D eigenvalue weighted by Gasteiger charge is 2.06. The molecule has 0 aliphatic heterocycles. The van der Waals surface area contributed by atoms with Gasteiger partial charge in [-0.05, 0) is 42.4 Å². The fourth-order valence-electron chi connectivity index (χ4n) is 1.76. The second-order valence-corrected chi connectivity index (χ2v) is 5.55. The zero-order chi connectivity index (χ0) is 15.1. The number of para-hydroxylation sites is 3. The monoisotopic (exact) mass is 300 g/mol. The van der Waals surface area contributed by atoms with Crippen LogP contribution in [0.4, 0.5) is 11.4 Å². The third-order valence-electron chi connectivity index (χ3n) is 2.74. The third-order valence-corrected chi connectivity index (χ3v) is 2.94. The Labute approximate surface area is 131 Å². The van der Waals surface area contributed by atoms with E-state index in [9.17, 15) is 0 Å². The number of thiocarbonyl (C=S) groups is 1. The molecule has 0 heterocycles. The maximum Gasteiger partial charge on any atom is 0.175 e. The SMILES string of the molecule is CC(C)COc1ccccc1NC(=S)Nc1ccccc1. The molecule has 0 aliphatic carbocycles. The minimum atomic E-state index is 0.479. The summed E-state index contributed by atoms with van der Waals surface area (Å²) < 4.78 is 5.80. The van der Waals surface area contributed by atoms with Gasteiger partial charge in [0.05, 0.1) is 12.3 Å². The van der Waals surface area contributed by atoms with E-state index in [-0.39, 0.29) is 0 Å². The summed E-state index contributed by atoms with van der Waals surface area (Å²) in [6, 6.07) is 17.6. The molecule has 0 aromatic heterocycles. The first-order valence-electron chi connectivity index (χ1n) is 7.00. The number of ether oxygens (including phenoxy) is 1. The summed E-state index contributed by atoms with van der Waals surface area (Å²) in [6.07, 6.45) is 0.